The van der Waals surface area contributed by atoms with E-state index in [0.29, 0.717) is 17.1 Å². The van der Waals surface area contributed by atoms with Gasteiger partial charge in [-0.2, -0.15) is 0 Å². The van der Waals surface area contributed by atoms with Crippen LogP contribution in [0, 0.1) is 0 Å². The molecule has 2 heterocycles. The lowest BCUT2D eigenvalue weighted by Gasteiger charge is -2.18. The smallest absolute Gasteiger partial charge is 0.295 e. The van der Waals surface area contributed by atoms with Gasteiger partial charge in [-0.1, -0.05) is 164 Å². The summed E-state index contributed by atoms with van der Waals surface area (Å²) in [6, 6.07) is 43.4. The van der Waals surface area contributed by atoms with Crippen LogP contribution in [0.2, 0.25) is 0 Å². The van der Waals surface area contributed by atoms with Gasteiger partial charge in [0.1, 0.15) is 0 Å². The van der Waals surface area contributed by atoms with Crippen LogP contribution in [0.4, 0.5) is 0 Å². The molecule has 10 aromatic rings. The summed E-state index contributed by atoms with van der Waals surface area (Å²) in [6.45, 7) is 0. The van der Waals surface area contributed by atoms with E-state index in [-0.39, 0.29) is 45.5 Å². The molecule has 0 bridgehead atoms. The van der Waals surface area contributed by atoms with Gasteiger partial charge in [0.15, 0.2) is 5.82 Å². The molecule has 56 heavy (non-hydrogen) atoms. The highest BCUT2D eigenvalue weighted by Crippen LogP contribution is 2.44. The Balaban J connectivity index is 1.14. The molecule has 0 saturated carbocycles. The first-order valence-electron chi connectivity index (χ1n) is 21.8. The van der Waals surface area contributed by atoms with E-state index >= 15 is 0 Å². The molecule has 2 aromatic heterocycles. The summed E-state index contributed by atoms with van der Waals surface area (Å²) in [5.74, 6) is 0.317. The number of imidazole rings is 1. The number of benzene rings is 8. The van der Waals surface area contributed by atoms with Crippen LogP contribution in [0.3, 0.4) is 0 Å². The number of hydrogen-bond donors (Lipinski definition) is 0. The molecule has 0 aliphatic heterocycles. The zero-order valence-electron chi connectivity index (χ0n) is 37.5. The van der Waals surface area contributed by atoms with Crippen molar-refractivity contribution in [2.75, 3.05) is 0 Å². The Labute approximate surface area is 334 Å². The van der Waals surface area contributed by atoms with Crippen LogP contribution in [0.25, 0.3) is 99.9 Å². The molecule has 0 unspecified atom stereocenters. The SMILES string of the molecule is [2H]c1c([2H])c(-c2c([2H])c([2H])c3c(c2[2H])n(C)c(=O)n3C)c([2H])c([2H])c1-c1cc(-c2ccc(-c3c4ccccc4c(-c4ccccc4)c4ccccc34)cc2)nc(-c2ccccc2)n1. The van der Waals surface area contributed by atoms with Crippen molar-refractivity contribution in [1.29, 1.82) is 0 Å². The van der Waals surface area contributed by atoms with Crippen LogP contribution in [-0.4, -0.2) is 19.1 Å². The highest BCUT2D eigenvalue weighted by molar-refractivity contribution is 6.21. The standard InChI is InChI=1S/C51H36N4O/c1-54-46-30-29-39(31-47(46)55(2)51(54)56)33-21-23-34(24-22-33)44-32-45(53-50(52-44)38-15-7-4-8-16-38)35-25-27-37(28-26-35)49-42-19-11-9-17-40(42)48(36-13-5-3-6-14-36)41-18-10-12-20-43(41)49/h3-32H,1-2H3/i21D,22D,23D,24D,29D,30D,31D. The van der Waals surface area contributed by atoms with Gasteiger partial charge in [-0.15, -0.1) is 0 Å². The summed E-state index contributed by atoms with van der Waals surface area (Å²) in [5.41, 5.74) is 5.48. The van der Waals surface area contributed by atoms with E-state index in [4.69, 9.17) is 14.1 Å². The third-order valence-corrected chi connectivity index (χ3v) is 10.4. The summed E-state index contributed by atoms with van der Waals surface area (Å²) >= 11 is 0. The number of aromatic nitrogens is 4. The van der Waals surface area contributed by atoms with Gasteiger partial charge >= 0.3 is 5.69 Å². The normalized spacial score (nSPS) is 13.2. The van der Waals surface area contributed by atoms with Crippen LogP contribution in [0.15, 0.2) is 187 Å². The van der Waals surface area contributed by atoms with E-state index in [2.05, 4.69) is 84.9 Å². The largest absolute Gasteiger partial charge is 0.328 e. The van der Waals surface area contributed by atoms with Crippen LogP contribution in [0.5, 0.6) is 0 Å². The van der Waals surface area contributed by atoms with Gasteiger partial charge in [0, 0.05) is 30.8 Å². The molecular formula is C51H36N4O. The first kappa shape index (κ1) is 26.4. The van der Waals surface area contributed by atoms with Crippen molar-refractivity contribution in [3.63, 3.8) is 0 Å². The minimum Gasteiger partial charge on any atom is -0.295 e. The van der Waals surface area contributed by atoms with Crippen molar-refractivity contribution in [2.24, 2.45) is 14.1 Å². The molecule has 5 nitrogen and oxygen atoms in total. The highest BCUT2D eigenvalue weighted by atomic mass is 16.1. The van der Waals surface area contributed by atoms with E-state index in [0.717, 1.165) is 43.8 Å². The van der Waals surface area contributed by atoms with Gasteiger partial charge in [0.2, 0.25) is 0 Å². The van der Waals surface area contributed by atoms with Gasteiger partial charge in [0.25, 0.3) is 0 Å². The molecule has 0 fully saturated rings. The summed E-state index contributed by atoms with van der Waals surface area (Å²) in [5, 5.41) is 4.52. The maximum atomic E-state index is 12.8. The number of nitrogens with zero attached hydrogens (tertiary/aromatic N) is 4. The van der Waals surface area contributed by atoms with Crippen molar-refractivity contribution in [3.05, 3.63) is 192 Å². The average molecular weight is 728 g/mol. The molecule has 0 aliphatic rings. The summed E-state index contributed by atoms with van der Waals surface area (Å²) in [4.78, 5) is 22.6. The van der Waals surface area contributed by atoms with E-state index in [1.807, 2.05) is 48.5 Å². The molecule has 0 saturated heterocycles. The molecule has 5 heteroatoms. The van der Waals surface area contributed by atoms with E-state index in [1.165, 1.54) is 28.8 Å². The van der Waals surface area contributed by atoms with Crippen LogP contribution in [0.1, 0.15) is 9.60 Å². The molecule has 0 atom stereocenters. The zero-order valence-corrected chi connectivity index (χ0v) is 30.5. The molecule has 0 spiro atoms. The van der Waals surface area contributed by atoms with Crippen molar-refractivity contribution in [1.82, 2.24) is 19.1 Å². The Morgan fingerprint density at radius 2 is 0.857 bits per heavy atom. The fraction of sp³-hybridized carbons (Fsp3) is 0.0392. The lowest BCUT2D eigenvalue weighted by Crippen LogP contribution is -2.19. The maximum absolute atomic E-state index is 12.8. The minimum atomic E-state index is -0.504. The fourth-order valence-electron chi connectivity index (χ4n) is 7.58. The Bertz CT molecular complexity index is 3480. The molecular weight excluding hydrogens is 685 g/mol. The second-order valence-corrected chi connectivity index (χ2v) is 13.7. The predicted molar refractivity (Wildman–Crippen MR) is 231 cm³/mol. The van der Waals surface area contributed by atoms with E-state index < -0.39 is 35.9 Å². The van der Waals surface area contributed by atoms with Gasteiger partial charge in [0.05, 0.1) is 32.0 Å². The highest BCUT2D eigenvalue weighted by Gasteiger charge is 2.17. The Morgan fingerprint density at radius 3 is 1.43 bits per heavy atom. The Kier molecular flexibility index (Phi) is 6.36. The van der Waals surface area contributed by atoms with Gasteiger partial charge < -0.3 is 0 Å². The lowest BCUT2D eigenvalue weighted by molar-refractivity contribution is 0.795. The summed E-state index contributed by atoms with van der Waals surface area (Å²) in [7, 11) is 2.90. The monoisotopic (exact) mass is 727 g/mol. The number of fused-ring (bicyclic) bond motifs is 3. The van der Waals surface area contributed by atoms with Crippen molar-refractivity contribution < 1.29 is 9.60 Å². The maximum Gasteiger partial charge on any atom is 0.328 e. The molecule has 10 rings (SSSR count). The van der Waals surface area contributed by atoms with Gasteiger partial charge in [-0.25, -0.2) is 14.8 Å². The fourth-order valence-corrected chi connectivity index (χ4v) is 7.58. The first-order chi connectivity index (χ1) is 30.5. The molecule has 8 aromatic carbocycles. The Hall–Kier alpha value is -7.37. The van der Waals surface area contributed by atoms with Crippen LogP contribution >= 0.6 is 0 Å². The van der Waals surface area contributed by atoms with Crippen molar-refractivity contribution >= 4 is 32.6 Å². The zero-order chi connectivity index (χ0) is 43.8. The van der Waals surface area contributed by atoms with Crippen LogP contribution in [-0.2, 0) is 14.1 Å². The molecule has 266 valence electrons. The van der Waals surface area contributed by atoms with Crippen LogP contribution < -0.4 is 5.69 Å². The van der Waals surface area contributed by atoms with Gasteiger partial charge in [-0.05, 0) is 73.1 Å². The topological polar surface area (TPSA) is 52.7 Å². The second kappa shape index (κ2) is 13.5. The molecule has 0 aliphatic carbocycles. The van der Waals surface area contributed by atoms with Gasteiger partial charge in [-0.3, -0.25) is 9.13 Å². The first-order valence-corrected chi connectivity index (χ1v) is 18.3. The molecule has 0 radical (unpaired) electrons. The van der Waals surface area contributed by atoms with E-state index in [1.54, 1.807) is 6.07 Å². The molecule has 0 N–H and O–H groups in total. The van der Waals surface area contributed by atoms with Crippen molar-refractivity contribution in [3.8, 4) is 67.3 Å². The summed E-state index contributed by atoms with van der Waals surface area (Å²) < 4.78 is 66.1. The second-order valence-electron chi connectivity index (χ2n) is 13.7. The Morgan fingerprint density at radius 1 is 0.429 bits per heavy atom. The van der Waals surface area contributed by atoms with Crippen molar-refractivity contribution in [2.45, 2.75) is 0 Å². The average Bonchev–Trinajstić information content (AvgIpc) is 3.54. The number of aryl methyl sites for hydroxylation is 2. The number of rotatable bonds is 6. The van der Waals surface area contributed by atoms with E-state index in [9.17, 15) is 10.3 Å². The quantitative estimate of drug-likeness (QED) is 0.160. The summed E-state index contributed by atoms with van der Waals surface area (Å²) in [6.07, 6.45) is 0. The number of hydrogen-bond acceptors (Lipinski definition) is 3. The molecule has 0 amide bonds. The third-order valence-electron chi connectivity index (χ3n) is 10.4. The predicted octanol–water partition coefficient (Wildman–Crippen LogP) is 12.0. The third kappa shape index (κ3) is 5.60. The minimum absolute atomic E-state index is 0.0592. The lowest BCUT2D eigenvalue weighted by atomic mass is 9.86.